The number of aryl methyl sites for hydroxylation is 2. The Kier molecular flexibility index (Phi) is 10.1. The van der Waals surface area contributed by atoms with E-state index >= 15 is 0 Å². The van der Waals surface area contributed by atoms with Crippen LogP contribution in [0.3, 0.4) is 0 Å². The molecule has 4 N–H and O–H groups in total. The van der Waals surface area contributed by atoms with Gasteiger partial charge in [-0.2, -0.15) is 0 Å². The Bertz CT molecular complexity index is 2190. The molecule has 0 heterocycles. The first-order valence-electron chi connectivity index (χ1n) is 19.9. The van der Waals surface area contributed by atoms with Crippen LogP contribution in [-0.4, -0.2) is 0 Å². The molecule has 6 aromatic carbocycles. The number of hydrogen-bond acceptors (Lipinski definition) is 4. The highest BCUT2D eigenvalue weighted by atomic mass is 16.5. The molecule has 55 heavy (non-hydrogen) atoms. The van der Waals surface area contributed by atoms with Gasteiger partial charge in [0.15, 0.2) is 0 Å². The number of anilines is 2. The van der Waals surface area contributed by atoms with Gasteiger partial charge in [-0.1, -0.05) is 141 Å². The Labute approximate surface area is 328 Å². The fraction of sp³-hybridized carbons (Fsp3) is 0.294. The van der Waals surface area contributed by atoms with E-state index in [9.17, 15) is 0 Å². The number of benzene rings is 6. The number of ether oxygens (including phenoxy) is 2. The fourth-order valence-corrected chi connectivity index (χ4v) is 8.46. The summed E-state index contributed by atoms with van der Waals surface area (Å²) in [5.74, 6) is 3.44. The van der Waals surface area contributed by atoms with E-state index in [0.29, 0.717) is 0 Å². The van der Waals surface area contributed by atoms with Gasteiger partial charge < -0.3 is 20.9 Å². The van der Waals surface area contributed by atoms with Crippen LogP contribution in [-0.2, 0) is 29.1 Å². The molecule has 0 radical (unpaired) electrons. The van der Waals surface area contributed by atoms with Crippen molar-refractivity contribution in [3.63, 3.8) is 0 Å². The van der Waals surface area contributed by atoms with Crippen LogP contribution < -0.4 is 20.9 Å². The molecule has 0 spiro atoms. The molecule has 0 bridgehead atoms. The van der Waals surface area contributed by atoms with Crippen LogP contribution >= 0.6 is 0 Å². The van der Waals surface area contributed by atoms with Gasteiger partial charge in [0.1, 0.15) is 23.0 Å². The van der Waals surface area contributed by atoms with Gasteiger partial charge in [0.05, 0.1) is 5.41 Å². The van der Waals surface area contributed by atoms with Crippen molar-refractivity contribution in [1.82, 2.24) is 0 Å². The molecule has 0 amide bonds. The first-order chi connectivity index (χ1) is 26.2. The molecule has 0 saturated heterocycles. The van der Waals surface area contributed by atoms with Crippen molar-refractivity contribution in [3.8, 4) is 34.1 Å². The number of nitrogen functional groups attached to an aromatic ring is 2. The third-order valence-corrected chi connectivity index (χ3v) is 11.0. The van der Waals surface area contributed by atoms with Crippen LogP contribution in [0.25, 0.3) is 11.1 Å². The third-order valence-electron chi connectivity index (χ3n) is 11.0. The van der Waals surface area contributed by atoms with Gasteiger partial charge in [-0.3, -0.25) is 0 Å². The molecule has 0 atom stereocenters. The van der Waals surface area contributed by atoms with Crippen molar-refractivity contribution in [2.24, 2.45) is 0 Å². The van der Waals surface area contributed by atoms with Crippen molar-refractivity contribution in [3.05, 3.63) is 166 Å². The second-order valence-electron chi connectivity index (χ2n) is 17.2. The summed E-state index contributed by atoms with van der Waals surface area (Å²) in [6.07, 6.45) is 3.74. The first kappa shape index (κ1) is 37.8. The summed E-state index contributed by atoms with van der Waals surface area (Å²) >= 11 is 0. The van der Waals surface area contributed by atoms with E-state index in [1.807, 2.05) is 36.4 Å². The SMILES string of the molecule is CCCc1cc(C2(c3ccc(Oc4ccc(N)cc4C(C)(C)C)c(CCC)c3)c3ccccc3-c3ccccc32)ccc1Oc1ccc(N)cc1C(C)(C)C. The normalized spacial score (nSPS) is 13.3. The lowest BCUT2D eigenvalue weighted by Gasteiger charge is -2.35. The largest absolute Gasteiger partial charge is 0.457 e. The van der Waals surface area contributed by atoms with Gasteiger partial charge in [-0.15, -0.1) is 0 Å². The highest BCUT2D eigenvalue weighted by Gasteiger charge is 2.46. The highest BCUT2D eigenvalue weighted by molar-refractivity contribution is 5.86. The summed E-state index contributed by atoms with van der Waals surface area (Å²) in [5.41, 5.74) is 25.3. The lowest BCUT2D eigenvalue weighted by molar-refractivity contribution is 0.450. The van der Waals surface area contributed by atoms with Crippen LogP contribution in [0.2, 0.25) is 0 Å². The molecule has 0 aromatic heterocycles. The topological polar surface area (TPSA) is 70.5 Å². The summed E-state index contributed by atoms with van der Waals surface area (Å²) in [5, 5.41) is 0. The monoisotopic (exact) mass is 728 g/mol. The molecule has 0 unspecified atom stereocenters. The fourth-order valence-electron chi connectivity index (χ4n) is 8.46. The van der Waals surface area contributed by atoms with Gasteiger partial charge in [-0.05, 0) is 117 Å². The molecule has 1 aliphatic rings. The second-order valence-corrected chi connectivity index (χ2v) is 17.2. The van der Waals surface area contributed by atoms with E-state index in [4.69, 9.17) is 20.9 Å². The second kappa shape index (κ2) is 14.6. The van der Waals surface area contributed by atoms with Crippen molar-refractivity contribution in [2.75, 3.05) is 11.5 Å². The predicted octanol–water partition coefficient (Wildman–Crippen LogP) is 13.3. The van der Waals surface area contributed by atoms with Gasteiger partial charge in [0.2, 0.25) is 0 Å². The molecule has 1 aliphatic carbocycles. The van der Waals surface area contributed by atoms with Gasteiger partial charge in [0, 0.05) is 22.5 Å². The Morgan fingerprint density at radius 2 is 0.855 bits per heavy atom. The zero-order valence-corrected chi connectivity index (χ0v) is 33.8. The van der Waals surface area contributed by atoms with Crippen LogP contribution in [0.1, 0.15) is 113 Å². The summed E-state index contributed by atoms with van der Waals surface area (Å²) in [7, 11) is 0. The molecule has 7 rings (SSSR count). The standard InChI is InChI=1S/C51H56N2O2/c1-9-15-33-29-35(21-25-45(33)54-47-27-23-37(52)31-43(47)49(3,4)5)51(41-19-13-11-17-39(41)40-18-12-14-20-42(40)51)36-22-26-46(34(30-36)16-10-2)55-48-28-24-38(53)32-44(48)50(6,7)8/h11-14,17-32H,9-10,15-16,52-53H2,1-8H3. The van der Waals surface area contributed by atoms with E-state index in [1.165, 1.54) is 44.5 Å². The zero-order valence-electron chi connectivity index (χ0n) is 33.8. The average molecular weight is 729 g/mol. The Morgan fingerprint density at radius 1 is 0.473 bits per heavy atom. The molecule has 0 fully saturated rings. The maximum atomic E-state index is 6.85. The van der Waals surface area contributed by atoms with Gasteiger partial charge in [0.25, 0.3) is 0 Å². The lowest BCUT2D eigenvalue weighted by Crippen LogP contribution is -2.29. The van der Waals surface area contributed by atoms with Crippen LogP contribution in [0.15, 0.2) is 121 Å². The van der Waals surface area contributed by atoms with Crippen LogP contribution in [0, 0.1) is 0 Å². The lowest BCUT2D eigenvalue weighted by atomic mass is 9.67. The Morgan fingerprint density at radius 3 is 1.24 bits per heavy atom. The van der Waals surface area contributed by atoms with Crippen molar-refractivity contribution in [1.29, 1.82) is 0 Å². The molecule has 0 saturated carbocycles. The smallest absolute Gasteiger partial charge is 0.131 e. The molecular weight excluding hydrogens is 673 g/mol. The first-order valence-corrected chi connectivity index (χ1v) is 19.9. The zero-order chi connectivity index (χ0) is 39.1. The summed E-state index contributed by atoms with van der Waals surface area (Å²) in [6.45, 7) is 17.7. The molecule has 6 aromatic rings. The van der Waals surface area contributed by atoms with E-state index in [2.05, 4.69) is 140 Å². The molecule has 0 aliphatic heterocycles. The van der Waals surface area contributed by atoms with Crippen LogP contribution in [0.4, 0.5) is 11.4 Å². The Hall–Kier alpha value is -5.48. The van der Waals surface area contributed by atoms with Crippen molar-refractivity contribution < 1.29 is 9.47 Å². The van der Waals surface area contributed by atoms with Crippen molar-refractivity contribution in [2.45, 2.75) is 97.3 Å². The minimum Gasteiger partial charge on any atom is -0.457 e. The van der Waals surface area contributed by atoms with E-state index in [-0.39, 0.29) is 10.8 Å². The maximum absolute atomic E-state index is 6.85. The number of fused-ring (bicyclic) bond motifs is 3. The van der Waals surface area contributed by atoms with E-state index < -0.39 is 5.41 Å². The number of hydrogen-bond donors (Lipinski definition) is 2. The minimum atomic E-state index is -0.565. The van der Waals surface area contributed by atoms with E-state index in [0.717, 1.165) is 71.2 Å². The summed E-state index contributed by atoms with van der Waals surface area (Å²) in [4.78, 5) is 0. The molecule has 282 valence electrons. The number of nitrogens with two attached hydrogens (primary N) is 2. The Balaban J connectivity index is 1.43. The van der Waals surface area contributed by atoms with Gasteiger partial charge >= 0.3 is 0 Å². The number of rotatable bonds is 10. The highest BCUT2D eigenvalue weighted by Crippen LogP contribution is 2.57. The average Bonchev–Trinajstić information content (AvgIpc) is 3.45. The summed E-state index contributed by atoms with van der Waals surface area (Å²) < 4.78 is 13.7. The quantitative estimate of drug-likeness (QED) is 0.138. The van der Waals surface area contributed by atoms with Gasteiger partial charge in [-0.25, -0.2) is 0 Å². The molecule has 4 heteroatoms. The molecule has 4 nitrogen and oxygen atoms in total. The van der Waals surface area contributed by atoms with E-state index in [1.54, 1.807) is 0 Å². The third kappa shape index (κ3) is 6.99. The van der Waals surface area contributed by atoms with Crippen LogP contribution in [0.5, 0.6) is 23.0 Å². The molecular formula is C51H56N2O2. The predicted molar refractivity (Wildman–Crippen MR) is 231 cm³/mol. The summed E-state index contributed by atoms with van der Waals surface area (Å²) in [6, 6.07) is 43.6. The van der Waals surface area contributed by atoms with Crippen molar-refractivity contribution >= 4 is 11.4 Å². The maximum Gasteiger partial charge on any atom is 0.131 e. The minimum absolute atomic E-state index is 0.134.